The summed E-state index contributed by atoms with van der Waals surface area (Å²) in [6, 6.07) is 12.6. The van der Waals surface area contributed by atoms with Crippen LogP contribution < -0.4 is 15.4 Å². The summed E-state index contributed by atoms with van der Waals surface area (Å²) in [6.07, 6.45) is 1.33. The van der Waals surface area contributed by atoms with E-state index < -0.39 is 28.8 Å². The van der Waals surface area contributed by atoms with Gasteiger partial charge in [0.2, 0.25) is 5.91 Å². The van der Waals surface area contributed by atoms with Crippen molar-refractivity contribution in [3.8, 4) is 5.75 Å². The molecule has 0 spiro atoms. The Morgan fingerprint density at radius 2 is 1.82 bits per heavy atom. The number of nitrogens with zero attached hydrogens (tertiary/aromatic N) is 1. The molecule has 3 rings (SSSR count). The topological polar surface area (TPSA) is 105 Å². The molecule has 1 fully saturated rings. The number of hydrogen-bond donors (Lipinski definition) is 2. The number of hydrogen-bond acceptors (Lipinski definition) is 6. The van der Waals surface area contributed by atoms with E-state index in [0.29, 0.717) is 29.7 Å². The first kappa shape index (κ1) is 24.0. The molecule has 2 N–H and O–H groups in total. The fraction of sp³-hybridized carbons (Fsp3) is 0.217. The molecule has 1 aliphatic rings. The molecule has 0 atom stereocenters. The van der Waals surface area contributed by atoms with Gasteiger partial charge in [0.15, 0.2) is 0 Å². The lowest BCUT2D eigenvalue weighted by molar-refractivity contribution is -0.124. The number of thioether (sulfide) groups is 1. The fourth-order valence-electron chi connectivity index (χ4n) is 2.99. The molecular weight excluding hydrogens is 449 g/mol. The molecule has 0 radical (unpaired) electrons. The van der Waals surface area contributed by atoms with Crippen LogP contribution in [0.4, 0.5) is 9.18 Å². The first-order valence-corrected chi connectivity index (χ1v) is 11.0. The molecule has 8 nitrogen and oxygen atoms in total. The predicted molar refractivity (Wildman–Crippen MR) is 122 cm³/mol. The summed E-state index contributed by atoms with van der Waals surface area (Å²) in [5.74, 6) is -1.57. The highest BCUT2D eigenvalue weighted by atomic mass is 32.2. The third-order valence-electron chi connectivity index (χ3n) is 4.56. The second kappa shape index (κ2) is 11.3. The van der Waals surface area contributed by atoms with Crippen LogP contribution in [0.15, 0.2) is 53.4 Å². The van der Waals surface area contributed by atoms with Crippen LogP contribution in [-0.2, 0) is 9.59 Å². The van der Waals surface area contributed by atoms with Crippen molar-refractivity contribution in [1.82, 2.24) is 15.5 Å². The minimum absolute atomic E-state index is 0.00918. The summed E-state index contributed by atoms with van der Waals surface area (Å²) in [7, 11) is 0. The number of halogens is 1. The van der Waals surface area contributed by atoms with E-state index >= 15 is 0 Å². The van der Waals surface area contributed by atoms with Crippen LogP contribution in [0.3, 0.4) is 0 Å². The van der Waals surface area contributed by atoms with Crippen molar-refractivity contribution in [3.63, 3.8) is 0 Å². The maximum absolute atomic E-state index is 13.8. The van der Waals surface area contributed by atoms with Crippen LogP contribution in [0.2, 0.25) is 0 Å². The van der Waals surface area contributed by atoms with E-state index in [0.717, 1.165) is 4.90 Å². The first-order valence-electron chi connectivity index (χ1n) is 10.2. The summed E-state index contributed by atoms with van der Waals surface area (Å²) in [5.41, 5.74) is 0.518. The SMILES string of the molecule is CCOc1ccccc1C(=O)NCC(=O)NCCN1C(=O)S/C(=C\c2ccccc2F)C1=O. The molecule has 0 unspecified atom stereocenters. The maximum atomic E-state index is 13.8. The third kappa shape index (κ3) is 6.19. The van der Waals surface area contributed by atoms with Gasteiger partial charge in [0.1, 0.15) is 11.6 Å². The van der Waals surface area contributed by atoms with Gasteiger partial charge in [-0.25, -0.2) is 4.39 Å². The molecule has 33 heavy (non-hydrogen) atoms. The van der Waals surface area contributed by atoms with Gasteiger partial charge in [0.05, 0.1) is 23.6 Å². The highest BCUT2D eigenvalue weighted by Gasteiger charge is 2.34. The van der Waals surface area contributed by atoms with Gasteiger partial charge in [-0.3, -0.25) is 24.1 Å². The van der Waals surface area contributed by atoms with Crippen LogP contribution in [0.5, 0.6) is 5.75 Å². The van der Waals surface area contributed by atoms with Crippen molar-refractivity contribution in [1.29, 1.82) is 0 Å². The lowest BCUT2D eigenvalue weighted by Gasteiger charge is -2.13. The summed E-state index contributed by atoms with van der Waals surface area (Å²) >= 11 is 0.712. The molecule has 4 amide bonds. The normalized spacial score (nSPS) is 14.5. The number of carbonyl (C=O) groups is 4. The van der Waals surface area contributed by atoms with E-state index in [2.05, 4.69) is 10.6 Å². The quantitative estimate of drug-likeness (QED) is 0.545. The van der Waals surface area contributed by atoms with Crippen LogP contribution in [0, 0.1) is 5.82 Å². The van der Waals surface area contributed by atoms with E-state index in [1.807, 2.05) is 0 Å². The molecule has 0 bridgehead atoms. The third-order valence-corrected chi connectivity index (χ3v) is 5.47. The Kier molecular flexibility index (Phi) is 8.20. The van der Waals surface area contributed by atoms with Gasteiger partial charge in [-0.1, -0.05) is 30.3 Å². The lowest BCUT2D eigenvalue weighted by Crippen LogP contribution is -2.41. The molecule has 2 aromatic rings. The number of imide groups is 1. The van der Waals surface area contributed by atoms with Crippen LogP contribution in [0.25, 0.3) is 6.08 Å². The van der Waals surface area contributed by atoms with E-state index in [-0.39, 0.29) is 30.1 Å². The molecule has 0 aliphatic carbocycles. The molecule has 1 heterocycles. The smallest absolute Gasteiger partial charge is 0.293 e. The van der Waals surface area contributed by atoms with Gasteiger partial charge < -0.3 is 15.4 Å². The molecule has 0 aromatic heterocycles. The van der Waals surface area contributed by atoms with Crippen molar-refractivity contribution in [2.24, 2.45) is 0 Å². The van der Waals surface area contributed by atoms with E-state index in [4.69, 9.17) is 4.74 Å². The number of nitrogens with one attached hydrogen (secondary N) is 2. The monoisotopic (exact) mass is 471 g/mol. The Morgan fingerprint density at radius 3 is 2.58 bits per heavy atom. The van der Waals surface area contributed by atoms with Crippen molar-refractivity contribution in [2.45, 2.75) is 6.92 Å². The lowest BCUT2D eigenvalue weighted by atomic mass is 10.2. The zero-order chi connectivity index (χ0) is 23.8. The highest BCUT2D eigenvalue weighted by molar-refractivity contribution is 8.18. The van der Waals surface area contributed by atoms with Crippen molar-refractivity contribution < 1.29 is 28.3 Å². The number of ether oxygens (including phenoxy) is 1. The summed E-state index contributed by atoms with van der Waals surface area (Å²) in [6.45, 7) is 1.87. The Balaban J connectivity index is 1.48. The van der Waals surface area contributed by atoms with Gasteiger partial charge in [-0.15, -0.1) is 0 Å². The van der Waals surface area contributed by atoms with Crippen LogP contribution >= 0.6 is 11.8 Å². The second-order valence-electron chi connectivity index (χ2n) is 6.82. The standard InChI is InChI=1S/C23H22FN3O5S/c1-2-32-18-10-6-4-8-16(18)21(29)26-14-20(28)25-11-12-27-22(30)19(33-23(27)31)13-15-7-3-5-9-17(15)24/h3-10,13H,2,11-12,14H2,1H3,(H,25,28)(H,26,29)/b19-13-. The minimum atomic E-state index is -0.552. The van der Waals surface area contributed by atoms with Gasteiger partial charge in [0.25, 0.3) is 17.1 Å². The summed E-state index contributed by atoms with van der Waals surface area (Å²) in [5, 5.41) is 4.55. The second-order valence-corrected chi connectivity index (χ2v) is 7.81. The predicted octanol–water partition coefficient (Wildman–Crippen LogP) is 2.81. The fourth-order valence-corrected chi connectivity index (χ4v) is 3.84. The van der Waals surface area contributed by atoms with Crippen LogP contribution in [0.1, 0.15) is 22.8 Å². The Morgan fingerprint density at radius 1 is 1.09 bits per heavy atom. The molecule has 1 saturated heterocycles. The number of amides is 4. The van der Waals surface area contributed by atoms with Crippen molar-refractivity contribution >= 4 is 40.8 Å². The maximum Gasteiger partial charge on any atom is 0.293 e. The summed E-state index contributed by atoms with van der Waals surface area (Å²) in [4.78, 5) is 50.1. The Hall–Kier alpha value is -3.66. The summed E-state index contributed by atoms with van der Waals surface area (Å²) < 4.78 is 19.2. The van der Waals surface area contributed by atoms with Gasteiger partial charge in [0, 0.05) is 18.7 Å². The molecule has 172 valence electrons. The average Bonchev–Trinajstić information content (AvgIpc) is 3.07. The zero-order valence-corrected chi connectivity index (χ0v) is 18.6. The average molecular weight is 472 g/mol. The van der Waals surface area contributed by atoms with Gasteiger partial charge in [-0.2, -0.15) is 0 Å². The zero-order valence-electron chi connectivity index (χ0n) is 17.8. The van der Waals surface area contributed by atoms with E-state index in [1.165, 1.54) is 24.3 Å². The highest BCUT2D eigenvalue weighted by Crippen LogP contribution is 2.32. The Bertz CT molecular complexity index is 1110. The Labute approximate surface area is 194 Å². The molecule has 10 heteroatoms. The number of para-hydroxylation sites is 1. The molecule has 1 aliphatic heterocycles. The first-order chi connectivity index (χ1) is 15.9. The molecule has 2 aromatic carbocycles. The van der Waals surface area contributed by atoms with Gasteiger partial charge >= 0.3 is 0 Å². The largest absolute Gasteiger partial charge is 0.493 e. The molecular formula is C23H22FN3O5S. The van der Waals surface area contributed by atoms with Crippen LogP contribution in [-0.4, -0.2) is 54.1 Å². The minimum Gasteiger partial charge on any atom is -0.493 e. The van der Waals surface area contributed by atoms with Crippen molar-refractivity contribution in [2.75, 3.05) is 26.2 Å². The van der Waals surface area contributed by atoms with E-state index in [1.54, 1.807) is 37.3 Å². The van der Waals surface area contributed by atoms with E-state index in [9.17, 15) is 23.6 Å². The van der Waals surface area contributed by atoms with Gasteiger partial charge in [-0.05, 0) is 43.0 Å². The number of carbonyl (C=O) groups excluding carboxylic acids is 4. The molecule has 0 saturated carbocycles. The number of rotatable bonds is 9. The number of benzene rings is 2. The van der Waals surface area contributed by atoms with Crippen molar-refractivity contribution in [3.05, 3.63) is 70.4 Å².